The number of carbonyl (C=O) groups is 1. The first-order chi connectivity index (χ1) is 7.22. The highest BCUT2D eigenvalue weighted by molar-refractivity contribution is 7.16. The molecule has 1 heterocycles. The summed E-state index contributed by atoms with van der Waals surface area (Å²) in [5.41, 5.74) is 0. The molecule has 0 fully saturated rings. The van der Waals surface area contributed by atoms with Crippen molar-refractivity contribution in [1.82, 2.24) is 0 Å². The molecular formula is C11H15ClO2S. The van der Waals surface area contributed by atoms with Gasteiger partial charge < -0.3 is 4.74 Å². The monoisotopic (exact) mass is 246 g/mol. The number of ether oxygens (including phenoxy) is 1. The summed E-state index contributed by atoms with van der Waals surface area (Å²) in [7, 11) is 0. The van der Waals surface area contributed by atoms with E-state index in [0.717, 1.165) is 22.2 Å². The van der Waals surface area contributed by atoms with Gasteiger partial charge in [-0.2, -0.15) is 0 Å². The Balaban J connectivity index is 2.18. The fourth-order valence-electron chi connectivity index (χ4n) is 1.16. The lowest BCUT2D eigenvalue weighted by atomic mass is 10.2. The third-order valence-corrected chi connectivity index (χ3v) is 3.11. The van der Waals surface area contributed by atoms with Crippen LogP contribution in [0, 0.1) is 0 Å². The third kappa shape index (κ3) is 5.30. The van der Waals surface area contributed by atoms with Crippen LogP contribution in [0.4, 0.5) is 0 Å². The van der Waals surface area contributed by atoms with E-state index in [1.54, 1.807) is 0 Å². The minimum atomic E-state index is 0.213. The maximum absolute atomic E-state index is 11.5. The van der Waals surface area contributed by atoms with Crippen molar-refractivity contribution in [1.29, 1.82) is 0 Å². The molecule has 0 aliphatic rings. The Morgan fingerprint density at radius 2 is 2.27 bits per heavy atom. The highest BCUT2D eigenvalue weighted by atomic mass is 35.5. The standard InChI is InChI=1S/C11H15ClO2S/c1-2-6-14-7-5-9(13)8-10-3-4-11(12)15-10/h3-4H,2,5-8H2,1H3. The van der Waals surface area contributed by atoms with Crippen molar-refractivity contribution in [3.63, 3.8) is 0 Å². The van der Waals surface area contributed by atoms with E-state index < -0.39 is 0 Å². The molecule has 0 radical (unpaired) electrons. The Morgan fingerprint density at radius 3 is 2.87 bits per heavy atom. The van der Waals surface area contributed by atoms with Gasteiger partial charge in [0.25, 0.3) is 0 Å². The molecule has 4 heteroatoms. The second kappa shape index (κ2) is 6.99. The van der Waals surface area contributed by atoms with E-state index in [1.165, 1.54) is 11.3 Å². The highest BCUT2D eigenvalue weighted by Gasteiger charge is 2.05. The van der Waals surface area contributed by atoms with Crippen LogP contribution >= 0.6 is 22.9 Å². The molecule has 0 aliphatic heterocycles. The van der Waals surface area contributed by atoms with Gasteiger partial charge in [0, 0.05) is 24.3 Å². The molecule has 0 saturated carbocycles. The predicted molar refractivity (Wildman–Crippen MR) is 63.8 cm³/mol. The van der Waals surface area contributed by atoms with Crippen LogP contribution in [0.1, 0.15) is 24.6 Å². The normalized spacial score (nSPS) is 10.5. The molecule has 0 N–H and O–H groups in total. The molecular weight excluding hydrogens is 232 g/mol. The summed E-state index contributed by atoms with van der Waals surface area (Å²) in [6.45, 7) is 3.32. The van der Waals surface area contributed by atoms with Crippen LogP contribution < -0.4 is 0 Å². The summed E-state index contributed by atoms with van der Waals surface area (Å²) in [6.07, 6.45) is 1.97. The Kier molecular flexibility index (Phi) is 5.91. The number of Topliss-reactive ketones (excluding diaryl/α,β-unsaturated/α-hetero) is 1. The fraction of sp³-hybridized carbons (Fsp3) is 0.545. The van der Waals surface area contributed by atoms with Gasteiger partial charge in [-0.15, -0.1) is 11.3 Å². The number of ketones is 1. The van der Waals surface area contributed by atoms with E-state index in [9.17, 15) is 4.79 Å². The first-order valence-electron chi connectivity index (χ1n) is 5.06. The number of halogens is 1. The zero-order chi connectivity index (χ0) is 11.1. The number of thiophene rings is 1. The number of hydrogen-bond donors (Lipinski definition) is 0. The average Bonchev–Trinajstić information content (AvgIpc) is 2.59. The fourth-order valence-corrected chi connectivity index (χ4v) is 2.28. The predicted octanol–water partition coefficient (Wildman–Crippen LogP) is 3.33. The Labute approximate surface area is 99.2 Å². The number of carbonyl (C=O) groups excluding carboxylic acids is 1. The smallest absolute Gasteiger partial charge is 0.140 e. The summed E-state index contributed by atoms with van der Waals surface area (Å²) in [5, 5.41) is 0. The van der Waals surface area contributed by atoms with Gasteiger partial charge in [-0.25, -0.2) is 0 Å². The molecule has 0 unspecified atom stereocenters. The third-order valence-electron chi connectivity index (χ3n) is 1.87. The van der Waals surface area contributed by atoms with Crippen molar-refractivity contribution in [2.75, 3.05) is 13.2 Å². The number of hydrogen-bond acceptors (Lipinski definition) is 3. The van der Waals surface area contributed by atoms with Crippen LogP contribution in [0.3, 0.4) is 0 Å². The lowest BCUT2D eigenvalue weighted by molar-refractivity contribution is -0.119. The van der Waals surface area contributed by atoms with E-state index in [4.69, 9.17) is 16.3 Å². The molecule has 0 saturated heterocycles. The van der Waals surface area contributed by atoms with Crippen molar-refractivity contribution >= 4 is 28.7 Å². The summed E-state index contributed by atoms with van der Waals surface area (Å²) < 4.78 is 5.99. The van der Waals surface area contributed by atoms with Gasteiger partial charge in [-0.3, -0.25) is 4.79 Å². The minimum absolute atomic E-state index is 0.213. The summed E-state index contributed by atoms with van der Waals surface area (Å²) in [5.74, 6) is 0.213. The maximum Gasteiger partial charge on any atom is 0.140 e. The van der Waals surface area contributed by atoms with Gasteiger partial charge in [0.05, 0.1) is 10.9 Å². The zero-order valence-electron chi connectivity index (χ0n) is 8.79. The van der Waals surface area contributed by atoms with E-state index in [1.807, 2.05) is 12.1 Å². The lowest BCUT2D eigenvalue weighted by Crippen LogP contribution is -2.06. The average molecular weight is 247 g/mol. The van der Waals surface area contributed by atoms with Gasteiger partial charge in [0.2, 0.25) is 0 Å². The summed E-state index contributed by atoms with van der Waals surface area (Å²) in [4.78, 5) is 12.5. The Hall–Kier alpha value is -0.380. The molecule has 1 rings (SSSR count). The molecule has 0 amide bonds. The van der Waals surface area contributed by atoms with Gasteiger partial charge in [0.15, 0.2) is 0 Å². The van der Waals surface area contributed by atoms with Crippen molar-refractivity contribution in [2.24, 2.45) is 0 Å². The molecule has 0 bridgehead atoms. The van der Waals surface area contributed by atoms with Gasteiger partial charge in [-0.05, 0) is 18.6 Å². The van der Waals surface area contributed by atoms with Crippen LogP contribution in [0.2, 0.25) is 4.34 Å². The lowest BCUT2D eigenvalue weighted by Gasteiger charge is -2.00. The van der Waals surface area contributed by atoms with E-state index in [-0.39, 0.29) is 5.78 Å². The van der Waals surface area contributed by atoms with Crippen LogP contribution in [0.15, 0.2) is 12.1 Å². The molecule has 0 atom stereocenters. The van der Waals surface area contributed by atoms with Crippen LogP contribution in [-0.4, -0.2) is 19.0 Å². The second-order valence-corrected chi connectivity index (χ2v) is 5.08. The quantitative estimate of drug-likeness (QED) is 0.690. The van der Waals surface area contributed by atoms with Crippen molar-refractivity contribution in [2.45, 2.75) is 26.2 Å². The van der Waals surface area contributed by atoms with E-state index in [0.29, 0.717) is 19.4 Å². The van der Waals surface area contributed by atoms with Crippen molar-refractivity contribution < 1.29 is 9.53 Å². The molecule has 1 aromatic rings. The van der Waals surface area contributed by atoms with E-state index in [2.05, 4.69) is 6.92 Å². The minimum Gasteiger partial charge on any atom is -0.381 e. The Bertz CT molecular complexity index is 309. The summed E-state index contributed by atoms with van der Waals surface area (Å²) in [6, 6.07) is 3.72. The largest absolute Gasteiger partial charge is 0.381 e. The second-order valence-electron chi connectivity index (χ2n) is 3.28. The van der Waals surface area contributed by atoms with Gasteiger partial charge in [-0.1, -0.05) is 18.5 Å². The molecule has 84 valence electrons. The van der Waals surface area contributed by atoms with Gasteiger partial charge in [0.1, 0.15) is 5.78 Å². The molecule has 0 spiro atoms. The van der Waals surface area contributed by atoms with E-state index >= 15 is 0 Å². The first kappa shape index (κ1) is 12.7. The van der Waals surface area contributed by atoms with Crippen molar-refractivity contribution in [3.05, 3.63) is 21.3 Å². The van der Waals surface area contributed by atoms with Crippen molar-refractivity contribution in [3.8, 4) is 0 Å². The summed E-state index contributed by atoms with van der Waals surface area (Å²) >= 11 is 7.24. The highest BCUT2D eigenvalue weighted by Crippen LogP contribution is 2.22. The molecule has 15 heavy (non-hydrogen) atoms. The molecule has 1 aromatic heterocycles. The van der Waals surface area contributed by atoms with Gasteiger partial charge >= 0.3 is 0 Å². The molecule has 0 aliphatic carbocycles. The Morgan fingerprint density at radius 1 is 1.47 bits per heavy atom. The molecule has 0 aromatic carbocycles. The van der Waals surface area contributed by atoms with Crippen LogP contribution in [0.5, 0.6) is 0 Å². The number of rotatable bonds is 7. The van der Waals surface area contributed by atoms with Crippen LogP contribution in [-0.2, 0) is 16.0 Å². The first-order valence-corrected chi connectivity index (χ1v) is 6.25. The van der Waals surface area contributed by atoms with Crippen LogP contribution in [0.25, 0.3) is 0 Å². The molecule has 2 nitrogen and oxygen atoms in total. The zero-order valence-corrected chi connectivity index (χ0v) is 10.4. The maximum atomic E-state index is 11.5. The topological polar surface area (TPSA) is 26.3 Å². The SMILES string of the molecule is CCCOCCC(=O)Cc1ccc(Cl)s1.